The Hall–Kier alpha value is -0.840. The molecule has 1 aliphatic heterocycles. The number of ether oxygens (including phenoxy) is 1. The maximum atomic E-state index is 5.71. The smallest absolute Gasteiger partial charge is 0.118 e. The summed E-state index contributed by atoms with van der Waals surface area (Å²) in [6.45, 7) is 5.13. The third-order valence-electron chi connectivity index (χ3n) is 3.51. The molecule has 0 amide bonds. The van der Waals surface area contributed by atoms with Gasteiger partial charge in [-0.2, -0.15) is 0 Å². The molecular formula is C13H22N2O2. The van der Waals surface area contributed by atoms with Crippen LogP contribution in [0.4, 0.5) is 0 Å². The van der Waals surface area contributed by atoms with Gasteiger partial charge in [0.15, 0.2) is 0 Å². The van der Waals surface area contributed by atoms with Crippen LogP contribution in [0.15, 0.2) is 10.5 Å². The van der Waals surface area contributed by atoms with E-state index in [9.17, 15) is 0 Å². The van der Waals surface area contributed by atoms with Crippen LogP contribution in [0.1, 0.15) is 29.9 Å². The van der Waals surface area contributed by atoms with Crippen molar-refractivity contribution in [1.82, 2.24) is 4.90 Å². The van der Waals surface area contributed by atoms with E-state index in [4.69, 9.17) is 14.9 Å². The van der Waals surface area contributed by atoms with Gasteiger partial charge in [-0.05, 0) is 32.9 Å². The Bertz CT molecular complexity index is 356. The highest BCUT2D eigenvalue weighted by Gasteiger charge is 2.19. The molecule has 0 atom stereocenters. The third-order valence-corrected chi connectivity index (χ3v) is 3.51. The molecule has 1 aromatic heterocycles. The van der Waals surface area contributed by atoms with Crippen molar-refractivity contribution in [2.24, 2.45) is 5.73 Å². The largest absolute Gasteiger partial charge is 0.465 e. The molecular weight excluding hydrogens is 216 g/mol. The van der Waals surface area contributed by atoms with Crippen LogP contribution in [0.25, 0.3) is 0 Å². The molecule has 0 unspecified atom stereocenters. The molecule has 2 heterocycles. The van der Waals surface area contributed by atoms with Crippen molar-refractivity contribution in [2.45, 2.75) is 38.9 Å². The first-order chi connectivity index (χ1) is 8.20. The monoisotopic (exact) mass is 238 g/mol. The van der Waals surface area contributed by atoms with E-state index in [1.54, 1.807) is 0 Å². The fourth-order valence-corrected chi connectivity index (χ4v) is 2.37. The number of rotatable bonds is 4. The van der Waals surface area contributed by atoms with Gasteiger partial charge in [-0.1, -0.05) is 0 Å². The average Bonchev–Trinajstić information content (AvgIpc) is 2.70. The summed E-state index contributed by atoms with van der Waals surface area (Å²) >= 11 is 0. The molecule has 1 aliphatic rings. The van der Waals surface area contributed by atoms with Crippen molar-refractivity contribution < 1.29 is 9.15 Å². The Balaban J connectivity index is 1.94. The van der Waals surface area contributed by atoms with Crippen molar-refractivity contribution in [3.63, 3.8) is 0 Å². The second-order valence-electron chi connectivity index (χ2n) is 4.76. The molecule has 0 radical (unpaired) electrons. The van der Waals surface area contributed by atoms with Gasteiger partial charge < -0.3 is 14.9 Å². The van der Waals surface area contributed by atoms with E-state index in [1.807, 2.05) is 6.92 Å². The van der Waals surface area contributed by atoms with Crippen LogP contribution in [0.2, 0.25) is 0 Å². The lowest BCUT2D eigenvalue weighted by molar-refractivity contribution is 0.0387. The Morgan fingerprint density at radius 2 is 2.12 bits per heavy atom. The minimum absolute atomic E-state index is 0.552. The number of nitrogens with zero attached hydrogens (tertiary/aromatic N) is 1. The van der Waals surface area contributed by atoms with Gasteiger partial charge >= 0.3 is 0 Å². The summed E-state index contributed by atoms with van der Waals surface area (Å²) in [6.07, 6.45) is 2.22. The topological polar surface area (TPSA) is 51.6 Å². The lowest BCUT2D eigenvalue weighted by Crippen LogP contribution is -2.36. The summed E-state index contributed by atoms with van der Waals surface area (Å²) < 4.78 is 11.1. The molecule has 0 bridgehead atoms. The van der Waals surface area contributed by atoms with E-state index in [-0.39, 0.29) is 0 Å². The van der Waals surface area contributed by atoms with Gasteiger partial charge in [0, 0.05) is 31.4 Å². The van der Waals surface area contributed by atoms with E-state index < -0.39 is 0 Å². The fourth-order valence-electron chi connectivity index (χ4n) is 2.37. The molecule has 1 fully saturated rings. The number of hydrogen-bond donors (Lipinski definition) is 1. The minimum Gasteiger partial charge on any atom is -0.465 e. The maximum Gasteiger partial charge on any atom is 0.118 e. The van der Waals surface area contributed by atoms with Gasteiger partial charge in [0.05, 0.1) is 6.54 Å². The predicted molar refractivity (Wildman–Crippen MR) is 66.6 cm³/mol. The molecule has 0 aliphatic carbocycles. The van der Waals surface area contributed by atoms with Gasteiger partial charge in [-0.3, -0.25) is 4.90 Å². The SMILES string of the molecule is Cc1oc(CN(C)C2CCOCC2)cc1CN. The first-order valence-corrected chi connectivity index (χ1v) is 6.27. The summed E-state index contributed by atoms with van der Waals surface area (Å²) in [5.41, 5.74) is 6.76. The van der Waals surface area contributed by atoms with Crippen LogP contribution < -0.4 is 5.73 Å². The lowest BCUT2D eigenvalue weighted by atomic mass is 10.1. The van der Waals surface area contributed by atoms with E-state index in [0.29, 0.717) is 12.6 Å². The van der Waals surface area contributed by atoms with Crippen molar-refractivity contribution in [3.05, 3.63) is 23.2 Å². The van der Waals surface area contributed by atoms with Crippen molar-refractivity contribution in [3.8, 4) is 0 Å². The Morgan fingerprint density at radius 1 is 1.41 bits per heavy atom. The zero-order valence-electron chi connectivity index (χ0n) is 10.7. The molecule has 1 saturated heterocycles. The molecule has 2 N–H and O–H groups in total. The maximum absolute atomic E-state index is 5.71. The van der Waals surface area contributed by atoms with E-state index in [1.165, 1.54) is 0 Å². The Labute approximate surface area is 103 Å². The molecule has 2 rings (SSSR count). The quantitative estimate of drug-likeness (QED) is 0.866. The summed E-state index contributed by atoms with van der Waals surface area (Å²) in [6, 6.07) is 2.68. The molecule has 0 saturated carbocycles. The Kier molecular flexibility index (Phi) is 4.20. The molecule has 17 heavy (non-hydrogen) atoms. The molecule has 96 valence electrons. The number of nitrogens with two attached hydrogens (primary N) is 1. The number of hydrogen-bond acceptors (Lipinski definition) is 4. The van der Waals surface area contributed by atoms with Crippen molar-refractivity contribution in [2.75, 3.05) is 20.3 Å². The van der Waals surface area contributed by atoms with Crippen LogP contribution >= 0.6 is 0 Å². The van der Waals surface area contributed by atoms with Gasteiger partial charge in [0.25, 0.3) is 0 Å². The zero-order chi connectivity index (χ0) is 12.3. The molecule has 0 aromatic carbocycles. The first kappa shape index (κ1) is 12.6. The average molecular weight is 238 g/mol. The summed E-state index contributed by atoms with van der Waals surface area (Å²) in [4.78, 5) is 2.35. The van der Waals surface area contributed by atoms with E-state index in [2.05, 4.69) is 18.0 Å². The standard InChI is InChI=1S/C13H22N2O2/c1-10-11(8-14)7-13(17-10)9-15(2)12-3-5-16-6-4-12/h7,12H,3-6,8-9,14H2,1-2H3. The van der Waals surface area contributed by atoms with Crippen LogP contribution in [0.3, 0.4) is 0 Å². The van der Waals surface area contributed by atoms with Crippen molar-refractivity contribution in [1.29, 1.82) is 0 Å². The minimum atomic E-state index is 0.552. The predicted octanol–water partition coefficient (Wildman–Crippen LogP) is 1.66. The zero-order valence-corrected chi connectivity index (χ0v) is 10.7. The van der Waals surface area contributed by atoms with Gasteiger partial charge in [-0.25, -0.2) is 0 Å². The normalized spacial score (nSPS) is 17.9. The van der Waals surface area contributed by atoms with Crippen molar-refractivity contribution >= 4 is 0 Å². The highest BCUT2D eigenvalue weighted by atomic mass is 16.5. The van der Waals surface area contributed by atoms with Crippen LogP contribution in [0, 0.1) is 6.92 Å². The molecule has 1 aromatic rings. The van der Waals surface area contributed by atoms with Crippen LogP contribution in [-0.4, -0.2) is 31.2 Å². The molecule has 4 heteroatoms. The van der Waals surface area contributed by atoms with Gasteiger partial charge in [0.1, 0.15) is 11.5 Å². The first-order valence-electron chi connectivity index (χ1n) is 6.27. The summed E-state index contributed by atoms with van der Waals surface area (Å²) in [7, 11) is 2.15. The third kappa shape index (κ3) is 3.09. The van der Waals surface area contributed by atoms with Crippen LogP contribution in [0.5, 0.6) is 0 Å². The van der Waals surface area contributed by atoms with Crippen LogP contribution in [-0.2, 0) is 17.8 Å². The summed E-state index contributed by atoms with van der Waals surface area (Å²) in [5.74, 6) is 1.96. The second-order valence-corrected chi connectivity index (χ2v) is 4.76. The van der Waals surface area contributed by atoms with Gasteiger partial charge in [0.2, 0.25) is 0 Å². The van der Waals surface area contributed by atoms with E-state index in [0.717, 1.165) is 49.7 Å². The second kappa shape index (κ2) is 5.67. The number of aryl methyl sites for hydroxylation is 1. The van der Waals surface area contributed by atoms with E-state index >= 15 is 0 Å². The highest BCUT2D eigenvalue weighted by molar-refractivity contribution is 5.20. The highest BCUT2D eigenvalue weighted by Crippen LogP contribution is 2.19. The molecule has 0 spiro atoms. The molecule has 4 nitrogen and oxygen atoms in total. The van der Waals surface area contributed by atoms with Gasteiger partial charge in [-0.15, -0.1) is 0 Å². The summed E-state index contributed by atoms with van der Waals surface area (Å²) in [5, 5.41) is 0. The fraction of sp³-hybridized carbons (Fsp3) is 0.692. The Morgan fingerprint density at radius 3 is 2.71 bits per heavy atom. The lowest BCUT2D eigenvalue weighted by Gasteiger charge is -2.30. The number of furan rings is 1.